The number of carbonyl (C=O) groups excluding carboxylic acids is 1. The van der Waals surface area contributed by atoms with Gasteiger partial charge in [-0.25, -0.2) is 0 Å². The third kappa shape index (κ3) is 2.48. The van der Waals surface area contributed by atoms with Gasteiger partial charge in [0.1, 0.15) is 0 Å². The molecule has 0 radical (unpaired) electrons. The summed E-state index contributed by atoms with van der Waals surface area (Å²) in [6.45, 7) is 4.39. The molecular weight excluding hydrogens is 234 g/mol. The van der Waals surface area contributed by atoms with Gasteiger partial charge in [0.2, 0.25) is 5.91 Å². The van der Waals surface area contributed by atoms with Crippen molar-refractivity contribution in [2.45, 2.75) is 26.2 Å². The van der Waals surface area contributed by atoms with Gasteiger partial charge in [-0.1, -0.05) is 62.4 Å². The second kappa shape index (κ2) is 5.43. The molecule has 19 heavy (non-hydrogen) atoms. The van der Waals surface area contributed by atoms with Gasteiger partial charge in [-0.05, 0) is 17.4 Å². The number of benzene rings is 1. The van der Waals surface area contributed by atoms with Crippen molar-refractivity contribution in [2.24, 2.45) is 5.41 Å². The van der Waals surface area contributed by atoms with E-state index in [1.807, 2.05) is 30.4 Å². The van der Waals surface area contributed by atoms with Gasteiger partial charge in [-0.2, -0.15) is 0 Å². The van der Waals surface area contributed by atoms with Crippen LogP contribution >= 0.6 is 0 Å². The molecular formula is C17H21NO. The Kier molecular flexibility index (Phi) is 3.89. The Labute approximate surface area is 115 Å². The third-order valence-electron chi connectivity index (χ3n) is 4.11. The van der Waals surface area contributed by atoms with E-state index in [0.29, 0.717) is 0 Å². The summed E-state index contributed by atoms with van der Waals surface area (Å²) in [5.74, 6) is 0.126. The Morgan fingerprint density at radius 1 is 1.32 bits per heavy atom. The largest absolute Gasteiger partial charge is 0.355 e. The van der Waals surface area contributed by atoms with Crippen LogP contribution in [0.15, 0.2) is 54.1 Å². The minimum Gasteiger partial charge on any atom is -0.355 e. The smallest absolute Gasteiger partial charge is 0.247 e. The van der Waals surface area contributed by atoms with Crippen LogP contribution in [0.2, 0.25) is 0 Å². The van der Waals surface area contributed by atoms with E-state index in [4.69, 9.17) is 0 Å². The van der Waals surface area contributed by atoms with Crippen LogP contribution < -0.4 is 5.32 Å². The predicted molar refractivity (Wildman–Crippen MR) is 78.9 cm³/mol. The molecule has 1 aliphatic carbocycles. The van der Waals surface area contributed by atoms with Gasteiger partial charge < -0.3 is 5.32 Å². The second-order valence-electron chi connectivity index (χ2n) is 5.26. The number of hydrogen-bond donors (Lipinski definition) is 1. The SMILES string of the molecule is CCC1(C)C=CC=C(C(=O)NC)C1c1ccccc1. The lowest BCUT2D eigenvalue weighted by Crippen LogP contribution is -2.33. The lowest BCUT2D eigenvalue weighted by atomic mass is 9.66. The van der Waals surface area contributed by atoms with Crippen LogP contribution in [0.5, 0.6) is 0 Å². The topological polar surface area (TPSA) is 29.1 Å². The Bertz CT molecular complexity index is 515. The fourth-order valence-corrected chi connectivity index (χ4v) is 2.80. The molecule has 1 amide bonds. The van der Waals surface area contributed by atoms with Gasteiger partial charge in [0.15, 0.2) is 0 Å². The van der Waals surface area contributed by atoms with Crippen LogP contribution in [0.4, 0.5) is 0 Å². The zero-order chi connectivity index (χ0) is 13.9. The molecule has 2 nitrogen and oxygen atoms in total. The highest BCUT2D eigenvalue weighted by molar-refractivity contribution is 5.95. The minimum atomic E-state index is -0.0159. The molecule has 1 aliphatic rings. The number of nitrogens with one attached hydrogen (secondary N) is 1. The normalized spacial score (nSPS) is 25.8. The van der Waals surface area contributed by atoms with Gasteiger partial charge in [0.05, 0.1) is 0 Å². The van der Waals surface area contributed by atoms with Crippen LogP contribution in [-0.2, 0) is 4.79 Å². The van der Waals surface area contributed by atoms with E-state index in [1.54, 1.807) is 7.05 Å². The molecule has 0 saturated heterocycles. The van der Waals surface area contributed by atoms with Crippen LogP contribution in [0.25, 0.3) is 0 Å². The maximum atomic E-state index is 12.1. The molecule has 1 N–H and O–H groups in total. The standard InChI is InChI=1S/C17H21NO/c1-4-17(2)12-8-11-14(16(19)18-3)15(17)13-9-6-5-7-10-13/h5-12,15H,4H2,1-3H3,(H,18,19). The molecule has 0 aliphatic heterocycles. The first-order valence-corrected chi connectivity index (χ1v) is 6.79. The first-order valence-electron chi connectivity index (χ1n) is 6.79. The fourth-order valence-electron chi connectivity index (χ4n) is 2.80. The molecule has 1 aromatic rings. The quantitative estimate of drug-likeness (QED) is 0.881. The molecule has 100 valence electrons. The van der Waals surface area contributed by atoms with Gasteiger partial charge in [0.25, 0.3) is 0 Å². The Hall–Kier alpha value is -1.83. The van der Waals surface area contributed by atoms with Crippen molar-refractivity contribution in [1.82, 2.24) is 5.32 Å². The molecule has 1 aromatic carbocycles. The summed E-state index contributed by atoms with van der Waals surface area (Å²) in [5.41, 5.74) is 2.03. The highest BCUT2D eigenvalue weighted by atomic mass is 16.1. The first kappa shape index (κ1) is 13.6. The Morgan fingerprint density at radius 3 is 2.58 bits per heavy atom. The van der Waals surface area contributed by atoms with Crippen molar-refractivity contribution < 1.29 is 4.79 Å². The lowest BCUT2D eigenvalue weighted by molar-refractivity contribution is -0.117. The van der Waals surface area contributed by atoms with Crippen molar-refractivity contribution in [3.63, 3.8) is 0 Å². The van der Waals surface area contributed by atoms with E-state index in [2.05, 4.69) is 37.4 Å². The van der Waals surface area contributed by atoms with Gasteiger partial charge in [-0.3, -0.25) is 4.79 Å². The van der Waals surface area contributed by atoms with Crippen LogP contribution in [0.3, 0.4) is 0 Å². The number of amides is 1. The maximum absolute atomic E-state index is 12.1. The predicted octanol–water partition coefficient (Wildman–Crippen LogP) is 3.43. The maximum Gasteiger partial charge on any atom is 0.247 e. The van der Waals surface area contributed by atoms with E-state index in [-0.39, 0.29) is 17.2 Å². The average Bonchev–Trinajstić information content (AvgIpc) is 2.47. The summed E-state index contributed by atoms with van der Waals surface area (Å²) in [6, 6.07) is 10.3. The van der Waals surface area contributed by atoms with E-state index < -0.39 is 0 Å². The lowest BCUT2D eigenvalue weighted by Gasteiger charge is -2.38. The summed E-state index contributed by atoms with van der Waals surface area (Å²) in [6.07, 6.45) is 7.16. The summed E-state index contributed by atoms with van der Waals surface area (Å²) in [4.78, 5) is 12.1. The Balaban J connectivity index is 2.51. The number of rotatable bonds is 3. The molecule has 0 aromatic heterocycles. The second-order valence-corrected chi connectivity index (χ2v) is 5.26. The fraction of sp³-hybridized carbons (Fsp3) is 0.353. The molecule has 0 saturated carbocycles. The molecule has 0 fully saturated rings. The van der Waals surface area contributed by atoms with E-state index in [1.165, 1.54) is 5.56 Å². The van der Waals surface area contributed by atoms with E-state index in [0.717, 1.165) is 12.0 Å². The molecule has 2 atom stereocenters. The van der Waals surface area contributed by atoms with Gasteiger partial charge >= 0.3 is 0 Å². The molecule has 2 rings (SSSR count). The van der Waals surface area contributed by atoms with E-state index >= 15 is 0 Å². The number of hydrogen-bond acceptors (Lipinski definition) is 1. The minimum absolute atomic E-state index is 0.0119. The zero-order valence-corrected chi connectivity index (χ0v) is 11.8. The first-order chi connectivity index (χ1) is 9.12. The summed E-state index contributed by atoms with van der Waals surface area (Å²) >= 11 is 0. The van der Waals surface area contributed by atoms with Crippen molar-refractivity contribution in [1.29, 1.82) is 0 Å². The Morgan fingerprint density at radius 2 is 2.00 bits per heavy atom. The van der Waals surface area contributed by atoms with Gasteiger partial charge in [-0.15, -0.1) is 0 Å². The molecule has 2 unspecified atom stereocenters. The third-order valence-corrected chi connectivity index (χ3v) is 4.11. The average molecular weight is 255 g/mol. The molecule has 2 heteroatoms. The van der Waals surface area contributed by atoms with Crippen LogP contribution in [-0.4, -0.2) is 13.0 Å². The molecule has 0 bridgehead atoms. The van der Waals surface area contributed by atoms with Crippen molar-refractivity contribution in [3.8, 4) is 0 Å². The van der Waals surface area contributed by atoms with Crippen molar-refractivity contribution in [2.75, 3.05) is 7.05 Å². The summed E-state index contributed by atoms with van der Waals surface area (Å²) in [7, 11) is 1.69. The van der Waals surface area contributed by atoms with Crippen molar-refractivity contribution >= 4 is 5.91 Å². The highest BCUT2D eigenvalue weighted by Gasteiger charge is 2.37. The molecule has 0 heterocycles. The summed E-state index contributed by atoms with van der Waals surface area (Å²) in [5, 5.41) is 2.76. The van der Waals surface area contributed by atoms with Gasteiger partial charge in [0, 0.05) is 18.5 Å². The van der Waals surface area contributed by atoms with Crippen molar-refractivity contribution in [3.05, 3.63) is 59.7 Å². The van der Waals surface area contributed by atoms with Crippen LogP contribution in [0, 0.1) is 5.41 Å². The highest BCUT2D eigenvalue weighted by Crippen LogP contribution is 2.46. The number of allylic oxidation sites excluding steroid dienone is 3. The zero-order valence-electron chi connectivity index (χ0n) is 11.8. The number of likely N-dealkylation sites (N-methyl/N-ethyl adjacent to an activating group) is 1. The van der Waals surface area contributed by atoms with E-state index in [9.17, 15) is 4.79 Å². The number of carbonyl (C=O) groups is 1. The monoisotopic (exact) mass is 255 g/mol. The summed E-state index contributed by atoms with van der Waals surface area (Å²) < 4.78 is 0. The van der Waals surface area contributed by atoms with Crippen LogP contribution in [0.1, 0.15) is 31.7 Å². The molecule has 0 spiro atoms.